The Morgan fingerprint density at radius 2 is 1.87 bits per heavy atom. The Morgan fingerprint density at radius 1 is 1.11 bits per heavy atom. The first-order chi connectivity index (χ1) is 18.2. The van der Waals surface area contributed by atoms with E-state index in [1.54, 1.807) is 24.3 Å². The largest absolute Gasteiger partial charge is 0.493 e. The van der Waals surface area contributed by atoms with Crippen LogP contribution in [0.15, 0.2) is 59.5 Å². The standard InChI is InChI=1S/C28H24ClIN2O5S/c1-16-8-9-20(10-17(16)2)31-25(33)14-32-27(34)24(38-28(32)35)13-18-11-22(30)26(23(12-18)36-3)37-15-19-6-4-5-7-21(19)29/h4-13H,14-15H2,1-3H3,(H,31,33)/b24-13+. The molecule has 38 heavy (non-hydrogen) atoms. The second-order valence-corrected chi connectivity index (χ2v) is 11.1. The maximum absolute atomic E-state index is 13.0. The number of hydrogen-bond acceptors (Lipinski definition) is 6. The van der Waals surface area contributed by atoms with Crippen molar-refractivity contribution >= 4 is 74.8 Å². The lowest BCUT2D eigenvalue weighted by molar-refractivity contribution is -0.127. The monoisotopic (exact) mass is 662 g/mol. The lowest BCUT2D eigenvalue weighted by Gasteiger charge is -2.14. The van der Waals surface area contributed by atoms with E-state index >= 15 is 0 Å². The molecule has 3 aromatic rings. The molecule has 1 heterocycles. The number of amides is 3. The average molecular weight is 663 g/mol. The predicted octanol–water partition coefficient (Wildman–Crippen LogP) is 6.82. The highest BCUT2D eigenvalue weighted by Crippen LogP contribution is 2.38. The molecule has 1 N–H and O–H groups in total. The average Bonchev–Trinajstić information content (AvgIpc) is 3.13. The van der Waals surface area contributed by atoms with E-state index in [0.29, 0.717) is 27.8 Å². The molecule has 0 radical (unpaired) electrons. The highest BCUT2D eigenvalue weighted by atomic mass is 127. The van der Waals surface area contributed by atoms with Crippen molar-refractivity contribution in [2.24, 2.45) is 0 Å². The first-order valence-corrected chi connectivity index (χ1v) is 13.8. The molecule has 10 heteroatoms. The molecule has 196 valence electrons. The minimum absolute atomic E-state index is 0.219. The first kappa shape index (κ1) is 28.0. The van der Waals surface area contributed by atoms with Crippen molar-refractivity contribution in [2.75, 3.05) is 19.0 Å². The van der Waals surface area contributed by atoms with Crippen molar-refractivity contribution in [3.63, 3.8) is 0 Å². The molecule has 0 bridgehead atoms. The van der Waals surface area contributed by atoms with Crippen LogP contribution in [0.5, 0.6) is 11.5 Å². The summed E-state index contributed by atoms with van der Waals surface area (Å²) in [5.41, 5.74) is 4.24. The number of imide groups is 1. The van der Waals surface area contributed by atoms with Crippen LogP contribution in [0, 0.1) is 17.4 Å². The number of carbonyl (C=O) groups excluding carboxylic acids is 3. The second kappa shape index (κ2) is 12.2. The molecular formula is C28H24ClIN2O5S. The number of thioether (sulfide) groups is 1. The number of methoxy groups -OCH3 is 1. The summed E-state index contributed by atoms with van der Waals surface area (Å²) < 4.78 is 12.3. The molecule has 0 spiro atoms. The van der Waals surface area contributed by atoms with E-state index in [4.69, 9.17) is 21.1 Å². The minimum Gasteiger partial charge on any atom is -0.493 e. The molecule has 0 saturated carbocycles. The molecule has 3 aromatic carbocycles. The molecule has 1 aliphatic heterocycles. The van der Waals surface area contributed by atoms with Crippen molar-refractivity contribution in [1.29, 1.82) is 0 Å². The number of ether oxygens (including phenoxy) is 2. The van der Waals surface area contributed by atoms with Crippen molar-refractivity contribution in [1.82, 2.24) is 4.90 Å². The molecule has 3 amide bonds. The molecular weight excluding hydrogens is 639 g/mol. The highest BCUT2D eigenvalue weighted by molar-refractivity contribution is 14.1. The van der Waals surface area contributed by atoms with Gasteiger partial charge in [-0.3, -0.25) is 19.3 Å². The zero-order chi connectivity index (χ0) is 27.4. The maximum Gasteiger partial charge on any atom is 0.294 e. The van der Waals surface area contributed by atoms with Gasteiger partial charge >= 0.3 is 0 Å². The van der Waals surface area contributed by atoms with Gasteiger partial charge in [0.25, 0.3) is 11.1 Å². The van der Waals surface area contributed by atoms with E-state index in [9.17, 15) is 14.4 Å². The Kier molecular flexibility index (Phi) is 9.01. The number of aryl methyl sites for hydroxylation is 2. The molecule has 0 aromatic heterocycles. The third kappa shape index (κ3) is 6.51. The van der Waals surface area contributed by atoms with Crippen molar-refractivity contribution in [2.45, 2.75) is 20.5 Å². The fourth-order valence-corrected chi connectivity index (χ4v) is 5.49. The van der Waals surface area contributed by atoms with Gasteiger partial charge in [0.2, 0.25) is 5.91 Å². The number of halogens is 2. The Morgan fingerprint density at radius 3 is 2.58 bits per heavy atom. The summed E-state index contributed by atoms with van der Waals surface area (Å²) in [4.78, 5) is 39.2. The number of benzene rings is 3. The molecule has 0 aliphatic carbocycles. The Balaban J connectivity index is 1.47. The summed E-state index contributed by atoms with van der Waals surface area (Å²) in [5.74, 6) is 0.0415. The fourth-order valence-electron chi connectivity index (χ4n) is 3.68. The van der Waals surface area contributed by atoms with E-state index in [1.165, 1.54) is 7.11 Å². The molecule has 0 unspecified atom stereocenters. The smallest absolute Gasteiger partial charge is 0.294 e. The Labute approximate surface area is 243 Å². The molecule has 4 rings (SSSR count). The summed E-state index contributed by atoms with van der Waals surface area (Å²) in [7, 11) is 1.53. The van der Waals surface area contributed by atoms with E-state index in [1.807, 2.05) is 50.2 Å². The van der Waals surface area contributed by atoms with Gasteiger partial charge in [-0.2, -0.15) is 0 Å². The van der Waals surface area contributed by atoms with Gasteiger partial charge in [0.1, 0.15) is 13.2 Å². The number of hydrogen-bond donors (Lipinski definition) is 1. The lowest BCUT2D eigenvalue weighted by Crippen LogP contribution is -2.36. The van der Waals surface area contributed by atoms with Crippen LogP contribution in [-0.4, -0.2) is 35.6 Å². The normalized spacial score (nSPS) is 14.2. The van der Waals surface area contributed by atoms with E-state index < -0.39 is 17.1 Å². The number of anilines is 1. The molecule has 7 nitrogen and oxygen atoms in total. The maximum atomic E-state index is 13.0. The highest BCUT2D eigenvalue weighted by Gasteiger charge is 2.36. The number of nitrogens with zero attached hydrogens (tertiary/aromatic N) is 1. The fraction of sp³-hybridized carbons (Fsp3) is 0.179. The molecule has 1 aliphatic rings. The van der Waals surface area contributed by atoms with Crippen LogP contribution in [0.3, 0.4) is 0 Å². The third-order valence-corrected chi connectivity index (χ3v) is 7.92. The molecule has 1 fully saturated rings. The summed E-state index contributed by atoms with van der Waals surface area (Å²) in [6.07, 6.45) is 1.61. The van der Waals surface area contributed by atoms with E-state index in [0.717, 1.165) is 36.9 Å². The number of nitrogens with one attached hydrogen (secondary N) is 1. The van der Waals surface area contributed by atoms with E-state index in [-0.39, 0.29) is 18.1 Å². The van der Waals surface area contributed by atoms with Gasteiger partial charge in [-0.25, -0.2) is 0 Å². The van der Waals surface area contributed by atoms with Crippen molar-refractivity contribution < 1.29 is 23.9 Å². The van der Waals surface area contributed by atoms with Gasteiger partial charge < -0.3 is 14.8 Å². The molecule has 1 saturated heterocycles. The number of rotatable bonds is 8. The quantitative estimate of drug-likeness (QED) is 0.211. The summed E-state index contributed by atoms with van der Waals surface area (Å²) in [5, 5.41) is 2.85. The number of carbonyl (C=O) groups is 3. The van der Waals surface area contributed by atoms with Gasteiger partial charge in [-0.1, -0.05) is 35.9 Å². The van der Waals surface area contributed by atoms with Crippen LogP contribution in [-0.2, 0) is 16.2 Å². The van der Waals surface area contributed by atoms with Crippen LogP contribution < -0.4 is 14.8 Å². The second-order valence-electron chi connectivity index (χ2n) is 8.53. The van der Waals surface area contributed by atoms with Gasteiger partial charge in [0.05, 0.1) is 15.6 Å². The SMILES string of the molecule is COc1cc(/C=C2/SC(=O)N(CC(=O)Nc3ccc(C)c(C)c3)C2=O)cc(I)c1OCc1ccccc1Cl. The van der Waals surface area contributed by atoms with Crippen LogP contribution in [0.4, 0.5) is 10.5 Å². The zero-order valence-corrected chi connectivity index (χ0v) is 24.6. The Bertz CT molecular complexity index is 1460. The van der Waals surface area contributed by atoms with Crippen molar-refractivity contribution in [3.8, 4) is 11.5 Å². The van der Waals surface area contributed by atoms with Gasteiger partial charge in [-0.05, 0) is 101 Å². The van der Waals surface area contributed by atoms with E-state index in [2.05, 4.69) is 27.9 Å². The lowest BCUT2D eigenvalue weighted by atomic mass is 10.1. The topological polar surface area (TPSA) is 84.9 Å². The van der Waals surface area contributed by atoms with Gasteiger partial charge in [0.15, 0.2) is 11.5 Å². The van der Waals surface area contributed by atoms with Gasteiger partial charge in [-0.15, -0.1) is 0 Å². The van der Waals surface area contributed by atoms with Gasteiger partial charge in [0, 0.05) is 16.3 Å². The summed E-state index contributed by atoms with van der Waals surface area (Å²) in [6, 6.07) is 16.5. The predicted molar refractivity (Wildman–Crippen MR) is 159 cm³/mol. The van der Waals surface area contributed by atoms with Crippen LogP contribution in [0.1, 0.15) is 22.3 Å². The minimum atomic E-state index is -0.525. The van der Waals surface area contributed by atoms with Crippen LogP contribution in [0.2, 0.25) is 5.02 Å². The summed E-state index contributed by atoms with van der Waals surface area (Å²) >= 11 is 9.15. The Hall–Kier alpha value is -3.02. The summed E-state index contributed by atoms with van der Waals surface area (Å²) in [6.45, 7) is 3.81. The van der Waals surface area contributed by atoms with Crippen LogP contribution in [0.25, 0.3) is 6.08 Å². The molecule has 0 atom stereocenters. The first-order valence-electron chi connectivity index (χ1n) is 11.5. The third-order valence-electron chi connectivity index (χ3n) is 5.85. The van der Waals surface area contributed by atoms with Crippen LogP contribution >= 0.6 is 46.0 Å². The van der Waals surface area contributed by atoms with Crippen molar-refractivity contribution in [3.05, 3.63) is 90.3 Å². The zero-order valence-electron chi connectivity index (χ0n) is 20.8.